The molecule has 4 rings (SSSR count). The van der Waals surface area contributed by atoms with Gasteiger partial charge in [0.15, 0.2) is 29.6 Å². The first-order valence-corrected chi connectivity index (χ1v) is 10.1. The summed E-state index contributed by atoms with van der Waals surface area (Å²) in [5.41, 5.74) is 1.79. The molecule has 6 nitrogen and oxygen atoms in total. The van der Waals surface area contributed by atoms with Gasteiger partial charge in [-0.2, -0.15) is 0 Å². The average molecular weight is 397 g/mol. The van der Waals surface area contributed by atoms with Gasteiger partial charge in [-0.1, -0.05) is 24.3 Å². The Morgan fingerprint density at radius 1 is 1.10 bits per heavy atom. The van der Waals surface area contributed by atoms with Crippen LogP contribution in [0.3, 0.4) is 0 Å². The highest BCUT2D eigenvalue weighted by Gasteiger charge is 2.32. The van der Waals surface area contributed by atoms with E-state index in [1.807, 2.05) is 57.2 Å². The van der Waals surface area contributed by atoms with E-state index >= 15 is 0 Å². The molecule has 0 bridgehead atoms. The zero-order valence-electron chi connectivity index (χ0n) is 17.2. The molecular formula is C23H27NO5. The molecule has 154 valence electrons. The maximum absolute atomic E-state index is 12.8. The van der Waals surface area contributed by atoms with Crippen molar-refractivity contribution in [2.45, 2.75) is 39.3 Å². The summed E-state index contributed by atoms with van der Waals surface area (Å²) >= 11 is 0. The van der Waals surface area contributed by atoms with Crippen molar-refractivity contribution in [1.29, 1.82) is 0 Å². The Balaban J connectivity index is 1.43. The lowest BCUT2D eigenvalue weighted by Crippen LogP contribution is -2.34. The monoisotopic (exact) mass is 397 g/mol. The summed E-state index contributed by atoms with van der Waals surface area (Å²) in [5.74, 6) is 2.73. The maximum Gasteiger partial charge on any atom is 0.260 e. The van der Waals surface area contributed by atoms with Crippen LogP contribution >= 0.6 is 0 Å². The van der Waals surface area contributed by atoms with Gasteiger partial charge < -0.3 is 23.8 Å². The minimum Gasteiger partial charge on any atom is -0.486 e. The zero-order valence-corrected chi connectivity index (χ0v) is 17.2. The largest absolute Gasteiger partial charge is 0.486 e. The van der Waals surface area contributed by atoms with Crippen molar-refractivity contribution in [3.63, 3.8) is 0 Å². The second-order valence-corrected chi connectivity index (χ2v) is 7.92. The summed E-state index contributed by atoms with van der Waals surface area (Å²) in [7, 11) is 0. The number of ether oxygens (including phenoxy) is 4. The molecule has 0 spiro atoms. The molecule has 0 aromatic heterocycles. The number of likely N-dealkylation sites (N-methyl/N-ethyl adjacent to an activating group) is 1. The molecule has 0 atom stereocenters. The van der Waals surface area contributed by atoms with Gasteiger partial charge in [0.05, 0.1) is 0 Å². The van der Waals surface area contributed by atoms with Crippen LogP contribution in [0.2, 0.25) is 0 Å². The number of amides is 1. The van der Waals surface area contributed by atoms with Crippen molar-refractivity contribution in [2.75, 3.05) is 26.4 Å². The smallest absolute Gasteiger partial charge is 0.260 e. The molecule has 2 aliphatic rings. The van der Waals surface area contributed by atoms with Crippen molar-refractivity contribution >= 4 is 5.91 Å². The van der Waals surface area contributed by atoms with Crippen LogP contribution in [0.1, 0.15) is 31.9 Å². The normalized spacial score (nSPS) is 16.0. The minimum absolute atomic E-state index is 0.0412. The second-order valence-electron chi connectivity index (χ2n) is 7.92. The fraction of sp³-hybridized carbons (Fsp3) is 0.435. The third-order valence-corrected chi connectivity index (χ3v) is 5.15. The van der Waals surface area contributed by atoms with Crippen LogP contribution < -0.4 is 18.9 Å². The van der Waals surface area contributed by atoms with Crippen LogP contribution in [0.15, 0.2) is 36.4 Å². The lowest BCUT2D eigenvalue weighted by atomic mass is 10.0. The Hall–Kier alpha value is -2.89. The van der Waals surface area contributed by atoms with Gasteiger partial charge in [-0.05, 0) is 32.9 Å². The number of hydrogen-bond donors (Lipinski definition) is 0. The topological polar surface area (TPSA) is 57.2 Å². The van der Waals surface area contributed by atoms with E-state index < -0.39 is 0 Å². The molecule has 29 heavy (non-hydrogen) atoms. The number of fused-ring (bicyclic) bond motifs is 2. The molecule has 0 unspecified atom stereocenters. The number of rotatable bonds is 6. The third-order valence-electron chi connectivity index (χ3n) is 5.15. The van der Waals surface area contributed by atoms with Crippen molar-refractivity contribution < 1.29 is 23.7 Å². The van der Waals surface area contributed by atoms with E-state index in [-0.39, 0.29) is 18.1 Å². The van der Waals surface area contributed by atoms with Gasteiger partial charge in [-0.15, -0.1) is 0 Å². The molecule has 0 fully saturated rings. The Morgan fingerprint density at radius 2 is 1.90 bits per heavy atom. The van der Waals surface area contributed by atoms with Crippen LogP contribution in [0.5, 0.6) is 23.0 Å². The van der Waals surface area contributed by atoms with Crippen LogP contribution in [-0.2, 0) is 17.8 Å². The molecule has 2 aliphatic heterocycles. The molecule has 2 aromatic rings. The first kappa shape index (κ1) is 19.4. The van der Waals surface area contributed by atoms with E-state index in [0.29, 0.717) is 32.1 Å². The van der Waals surface area contributed by atoms with Gasteiger partial charge in [0.25, 0.3) is 5.91 Å². The fourth-order valence-electron chi connectivity index (χ4n) is 3.77. The van der Waals surface area contributed by atoms with E-state index in [4.69, 9.17) is 18.9 Å². The number of carbonyl (C=O) groups is 1. The SMILES string of the molecule is CCN(Cc1cccc2c1OCCO2)C(=O)COc1cccc2c1OC(C)(C)C2. The molecule has 0 aliphatic carbocycles. The summed E-state index contributed by atoms with van der Waals surface area (Å²) in [4.78, 5) is 14.6. The van der Waals surface area contributed by atoms with Crippen LogP contribution in [0, 0.1) is 0 Å². The molecule has 2 heterocycles. The van der Waals surface area contributed by atoms with E-state index in [1.165, 1.54) is 0 Å². The summed E-state index contributed by atoms with van der Waals surface area (Å²) in [6.45, 7) is 8.09. The highest BCUT2D eigenvalue weighted by molar-refractivity contribution is 5.78. The molecule has 0 N–H and O–H groups in total. The molecular weight excluding hydrogens is 370 g/mol. The van der Waals surface area contributed by atoms with Crippen LogP contribution in [0.25, 0.3) is 0 Å². The quantitative estimate of drug-likeness (QED) is 0.746. The van der Waals surface area contributed by atoms with E-state index in [0.717, 1.165) is 34.8 Å². The predicted octanol–water partition coefficient (Wildman–Crippen LogP) is 3.60. The molecule has 0 saturated heterocycles. The number of hydrogen-bond acceptors (Lipinski definition) is 5. The lowest BCUT2D eigenvalue weighted by Gasteiger charge is -2.25. The standard InChI is InChI=1S/C23H27NO5/c1-4-24(14-17-8-6-9-18-21(17)27-12-11-26-18)20(25)15-28-19-10-5-7-16-13-23(2,3)29-22(16)19/h5-10H,4,11-15H2,1-3H3. The first-order chi connectivity index (χ1) is 14.0. The maximum atomic E-state index is 12.8. The van der Waals surface area contributed by atoms with Crippen LogP contribution in [0.4, 0.5) is 0 Å². The highest BCUT2D eigenvalue weighted by Crippen LogP contribution is 2.41. The van der Waals surface area contributed by atoms with Crippen molar-refractivity contribution in [1.82, 2.24) is 4.90 Å². The first-order valence-electron chi connectivity index (χ1n) is 10.1. The molecule has 0 radical (unpaired) electrons. The number of para-hydroxylation sites is 2. The molecule has 0 saturated carbocycles. The summed E-state index contributed by atoms with van der Waals surface area (Å²) in [6, 6.07) is 11.6. The van der Waals surface area contributed by atoms with E-state index in [9.17, 15) is 4.79 Å². The number of nitrogens with zero attached hydrogens (tertiary/aromatic N) is 1. The molecule has 1 amide bonds. The lowest BCUT2D eigenvalue weighted by molar-refractivity contribution is -0.133. The average Bonchev–Trinajstić information content (AvgIpc) is 3.04. The number of benzene rings is 2. The summed E-state index contributed by atoms with van der Waals surface area (Å²) in [6.07, 6.45) is 0.829. The van der Waals surface area contributed by atoms with Gasteiger partial charge in [-0.25, -0.2) is 0 Å². The van der Waals surface area contributed by atoms with E-state index in [2.05, 4.69) is 0 Å². The Kier molecular flexibility index (Phi) is 5.26. The highest BCUT2D eigenvalue weighted by atomic mass is 16.6. The Labute approximate surface area is 171 Å². The third kappa shape index (κ3) is 4.11. The van der Waals surface area contributed by atoms with Gasteiger partial charge in [-0.3, -0.25) is 4.79 Å². The Morgan fingerprint density at radius 3 is 2.72 bits per heavy atom. The molecule has 2 aromatic carbocycles. The van der Waals surface area contributed by atoms with Gasteiger partial charge >= 0.3 is 0 Å². The zero-order chi connectivity index (χ0) is 20.4. The predicted molar refractivity (Wildman–Crippen MR) is 109 cm³/mol. The number of carbonyl (C=O) groups excluding carboxylic acids is 1. The summed E-state index contributed by atoms with van der Waals surface area (Å²) < 4.78 is 23.3. The van der Waals surface area contributed by atoms with Gasteiger partial charge in [0, 0.05) is 30.6 Å². The van der Waals surface area contributed by atoms with Gasteiger partial charge in [0.1, 0.15) is 18.8 Å². The molecule has 6 heteroatoms. The summed E-state index contributed by atoms with van der Waals surface area (Å²) in [5, 5.41) is 0. The van der Waals surface area contributed by atoms with E-state index in [1.54, 1.807) is 4.90 Å². The van der Waals surface area contributed by atoms with Gasteiger partial charge in [0.2, 0.25) is 0 Å². The van der Waals surface area contributed by atoms with Crippen molar-refractivity contribution in [3.05, 3.63) is 47.5 Å². The fourth-order valence-corrected chi connectivity index (χ4v) is 3.77. The second kappa shape index (κ2) is 7.85. The van der Waals surface area contributed by atoms with Crippen LogP contribution in [-0.4, -0.2) is 42.8 Å². The van der Waals surface area contributed by atoms with Crippen molar-refractivity contribution in [2.24, 2.45) is 0 Å². The Bertz CT molecular complexity index is 908. The van der Waals surface area contributed by atoms with Crippen molar-refractivity contribution in [3.8, 4) is 23.0 Å². The minimum atomic E-state index is -0.254.